The van der Waals surface area contributed by atoms with E-state index in [1.807, 2.05) is 6.08 Å². The maximum absolute atomic E-state index is 13.4. The number of halogens is 4. The molecule has 5 nitrogen and oxygen atoms in total. The molecule has 2 aromatic rings. The lowest BCUT2D eigenvalue weighted by Crippen LogP contribution is -2.40. The molecule has 0 spiro atoms. The van der Waals surface area contributed by atoms with Crippen LogP contribution in [-0.2, 0) is 15.7 Å². The highest BCUT2D eigenvalue weighted by Gasteiger charge is 2.34. The van der Waals surface area contributed by atoms with Crippen LogP contribution in [0.15, 0.2) is 36.1 Å². The van der Waals surface area contributed by atoms with Gasteiger partial charge >= 0.3 is 6.18 Å². The Morgan fingerprint density at radius 2 is 2.06 bits per heavy atom. The number of benzene rings is 1. The highest BCUT2D eigenvalue weighted by atomic mass is 35.5. The van der Waals surface area contributed by atoms with Crippen LogP contribution < -0.4 is 10.6 Å². The normalized spacial score (nSPS) is 21.9. The molecule has 1 fully saturated rings. The van der Waals surface area contributed by atoms with E-state index in [4.69, 9.17) is 16.3 Å². The monoisotopic (exact) mass is 481 g/mol. The number of carbonyl (C=O) groups is 1. The van der Waals surface area contributed by atoms with Crippen molar-refractivity contribution in [3.8, 4) is 0 Å². The zero-order valence-electron chi connectivity index (χ0n) is 17.3. The Bertz CT molecular complexity index is 1030. The lowest BCUT2D eigenvalue weighted by molar-refractivity contribution is -0.140. The number of aromatic nitrogens is 1. The Kier molecular flexibility index (Phi) is 6.95. The number of hydrogen-bond acceptors (Lipinski definition) is 4. The van der Waals surface area contributed by atoms with Crippen molar-refractivity contribution in [1.82, 2.24) is 10.3 Å². The molecule has 4 rings (SSSR count). The first-order valence-electron chi connectivity index (χ1n) is 10.6. The molecule has 170 valence electrons. The summed E-state index contributed by atoms with van der Waals surface area (Å²) in [5, 5.41) is 7.35. The first kappa shape index (κ1) is 22.9. The van der Waals surface area contributed by atoms with E-state index < -0.39 is 11.9 Å². The van der Waals surface area contributed by atoms with Gasteiger partial charge in [0.05, 0.1) is 21.6 Å². The number of ether oxygens (including phenoxy) is 1. The van der Waals surface area contributed by atoms with E-state index in [2.05, 4.69) is 15.6 Å². The van der Waals surface area contributed by atoms with Gasteiger partial charge in [-0.15, -0.1) is 0 Å². The molecule has 1 aromatic carbocycles. The molecule has 0 bridgehead atoms. The molecule has 1 amide bonds. The fraction of sp³-hybridized carbons (Fsp3) is 0.455. The van der Waals surface area contributed by atoms with Gasteiger partial charge in [0.1, 0.15) is 5.69 Å². The number of allylic oxidation sites excluding steroid dienone is 1. The Morgan fingerprint density at radius 3 is 2.81 bits per heavy atom. The van der Waals surface area contributed by atoms with Gasteiger partial charge in [0.2, 0.25) is 0 Å². The minimum Gasteiger partial charge on any atom is -0.488 e. The number of hydrogen-bond donors (Lipinski definition) is 2. The number of alkyl halides is 3. The number of nitrogens with one attached hydrogen (secondary N) is 2. The molecule has 0 unspecified atom stereocenters. The van der Waals surface area contributed by atoms with Crippen LogP contribution in [-0.4, -0.2) is 38.7 Å². The van der Waals surface area contributed by atoms with Crippen LogP contribution >= 0.6 is 11.6 Å². The van der Waals surface area contributed by atoms with Crippen molar-refractivity contribution in [1.29, 1.82) is 0 Å². The van der Waals surface area contributed by atoms with Crippen molar-refractivity contribution < 1.29 is 22.7 Å². The van der Waals surface area contributed by atoms with Crippen molar-refractivity contribution in [3.63, 3.8) is 0 Å². The number of pyridine rings is 1. The second-order valence-corrected chi connectivity index (χ2v) is 10.0. The number of fused-ring (bicyclic) bond motifs is 1. The quantitative estimate of drug-likeness (QED) is 0.594. The standard InChI is InChI=1S/C22H23ClF3N3O2Si/c23-13-4-6-16-15(11-13)17(12-19(28-16)22(24,25)26)27-14-5-7-20(32-10-8-14)29-21(30)18-3-1-2-9-31-18/h3-4,6,11-12,14,20H,1-2,5,7-10H2,(H,27,28)(H,29,30)/t14-,20-/m1/s1. The van der Waals surface area contributed by atoms with Crippen LogP contribution in [0.2, 0.25) is 11.1 Å². The summed E-state index contributed by atoms with van der Waals surface area (Å²) < 4.78 is 45.6. The summed E-state index contributed by atoms with van der Waals surface area (Å²) in [6, 6.07) is 6.58. The van der Waals surface area contributed by atoms with E-state index in [1.165, 1.54) is 12.1 Å². The van der Waals surface area contributed by atoms with Gasteiger partial charge < -0.3 is 15.4 Å². The zero-order chi connectivity index (χ0) is 22.7. The Balaban J connectivity index is 1.47. The number of carbonyl (C=O) groups excluding carboxylic acids is 1. The Hall–Kier alpha value is -2.26. The van der Waals surface area contributed by atoms with Gasteiger partial charge in [-0.2, -0.15) is 13.2 Å². The molecular weight excluding hydrogens is 459 g/mol. The van der Waals surface area contributed by atoms with Gasteiger partial charge in [-0.1, -0.05) is 17.6 Å². The van der Waals surface area contributed by atoms with Crippen LogP contribution in [0.3, 0.4) is 0 Å². The fourth-order valence-electron chi connectivity index (χ4n) is 3.94. The van der Waals surface area contributed by atoms with Gasteiger partial charge in [-0.05, 0) is 62.4 Å². The lowest BCUT2D eigenvalue weighted by Gasteiger charge is -2.21. The smallest absolute Gasteiger partial charge is 0.433 e. The molecule has 2 aliphatic rings. The van der Waals surface area contributed by atoms with Crippen LogP contribution in [0, 0.1) is 0 Å². The summed E-state index contributed by atoms with van der Waals surface area (Å²) in [5.41, 5.74) is -0.277. The Labute approximate surface area is 191 Å². The fourth-order valence-corrected chi connectivity index (χ4v) is 5.58. The highest BCUT2D eigenvalue weighted by molar-refractivity contribution is 6.38. The van der Waals surface area contributed by atoms with Crippen molar-refractivity contribution in [3.05, 3.63) is 46.8 Å². The van der Waals surface area contributed by atoms with Crippen molar-refractivity contribution >= 4 is 43.6 Å². The van der Waals surface area contributed by atoms with Crippen molar-refractivity contribution in [2.24, 2.45) is 0 Å². The number of amides is 1. The van der Waals surface area contributed by atoms with Crippen LogP contribution in [0.25, 0.3) is 10.9 Å². The van der Waals surface area contributed by atoms with Gasteiger partial charge in [-0.25, -0.2) is 4.98 Å². The molecule has 32 heavy (non-hydrogen) atoms. The third kappa shape index (κ3) is 5.56. The molecular formula is C22H23ClF3N3O2Si. The average molecular weight is 482 g/mol. The van der Waals surface area contributed by atoms with Crippen LogP contribution in [0.5, 0.6) is 0 Å². The van der Waals surface area contributed by atoms with E-state index in [0.29, 0.717) is 38.0 Å². The molecule has 2 N–H and O–H groups in total. The van der Waals surface area contributed by atoms with Crippen LogP contribution in [0.1, 0.15) is 37.8 Å². The average Bonchev–Trinajstić information content (AvgIpc) is 2.99. The van der Waals surface area contributed by atoms with E-state index in [9.17, 15) is 18.0 Å². The maximum atomic E-state index is 13.4. The molecule has 0 aliphatic carbocycles. The summed E-state index contributed by atoms with van der Waals surface area (Å²) in [6.07, 6.45) is 1.30. The summed E-state index contributed by atoms with van der Waals surface area (Å²) in [4.78, 5) is 16.2. The van der Waals surface area contributed by atoms with E-state index in [-0.39, 0.29) is 23.1 Å². The van der Waals surface area contributed by atoms with Gasteiger partial charge in [0, 0.05) is 27.8 Å². The number of rotatable bonds is 4. The van der Waals surface area contributed by atoms with Gasteiger partial charge in [-0.3, -0.25) is 4.79 Å². The second kappa shape index (κ2) is 9.70. The SMILES string of the molecule is O=C(N[C@H]1CC[C@@H](Nc2cc(C(F)(F)F)nc3ccc(Cl)cc23)CC[Si]1)C1=CCCCO1. The minimum atomic E-state index is -4.54. The topological polar surface area (TPSA) is 63.2 Å². The summed E-state index contributed by atoms with van der Waals surface area (Å²) in [6.45, 7) is 0.558. The summed E-state index contributed by atoms with van der Waals surface area (Å²) >= 11 is 6.09. The van der Waals surface area contributed by atoms with Gasteiger partial charge in [0.25, 0.3) is 5.91 Å². The predicted octanol–water partition coefficient (Wildman–Crippen LogP) is 5.13. The zero-order valence-corrected chi connectivity index (χ0v) is 19.0. The molecule has 1 saturated heterocycles. The molecule has 2 radical (unpaired) electrons. The van der Waals surface area contributed by atoms with Gasteiger partial charge in [0.15, 0.2) is 5.76 Å². The minimum absolute atomic E-state index is 0.0137. The molecule has 2 atom stereocenters. The van der Waals surface area contributed by atoms with E-state index in [0.717, 1.165) is 44.2 Å². The van der Waals surface area contributed by atoms with Crippen molar-refractivity contribution in [2.75, 3.05) is 11.9 Å². The van der Waals surface area contributed by atoms with E-state index >= 15 is 0 Å². The second-order valence-electron chi connectivity index (χ2n) is 7.96. The molecule has 10 heteroatoms. The lowest BCUT2D eigenvalue weighted by atomic mass is 10.1. The Morgan fingerprint density at radius 1 is 1.22 bits per heavy atom. The maximum Gasteiger partial charge on any atom is 0.433 e. The van der Waals surface area contributed by atoms with Crippen molar-refractivity contribution in [2.45, 2.75) is 56.0 Å². The molecule has 0 saturated carbocycles. The third-order valence-electron chi connectivity index (χ3n) is 5.57. The molecule has 2 aliphatic heterocycles. The third-order valence-corrected chi connectivity index (χ3v) is 7.31. The largest absolute Gasteiger partial charge is 0.488 e. The summed E-state index contributed by atoms with van der Waals surface area (Å²) in [5.74, 6) is 0.206. The predicted molar refractivity (Wildman–Crippen MR) is 119 cm³/mol. The van der Waals surface area contributed by atoms with Crippen LogP contribution in [0.4, 0.5) is 18.9 Å². The first-order valence-corrected chi connectivity index (χ1v) is 12.3. The van der Waals surface area contributed by atoms with E-state index in [1.54, 1.807) is 6.07 Å². The first-order chi connectivity index (χ1) is 15.3. The highest BCUT2D eigenvalue weighted by Crippen LogP contribution is 2.35. The number of nitrogens with zero attached hydrogens (tertiary/aromatic N) is 1. The number of anilines is 1. The summed E-state index contributed by atoms with van der Waals surface area (Å²) in [7, 11) is 0.539. The molecule has 3 heterocycles. The molecule has 1 aromatic heterocycles.